The van der Waals surface area contributed by atoms with Gasteiger partial charge in [-0.1, -0.05) is 0 Å². The number of hydrogen-bond donors (Lipinski definition) is 4. The average molecular weight is 273 g/mol. The number of nitrogens with one attached hydrogen (secondary N) is 2. The van der Waals surface area contributed by atoms with E-state index in [2.05, 4.69) is 20.6 Å². The number of β-amino-alcohol motifs (C(OH)–C–C–N with tert-alkyl or cyclic N) is 1. The van der Waals surface area contributed by atoms with E-state index in [1.165, 1.54) is 24.7 Å². The maximum absolute atomic E-state index is 10.7. The number of hydrogen-bond acceptors (Lipinski definition) is 6. The Morgan fingerprint density at radius 2 is 2.28 bits per heavy atom. The predicted molar refractivity (Wildman–Crippen MR) is 68.4 cm³/mol. The normalized spacial score (nSPS) is 22.1. The Labute approximate surface area is 109 Å². The van der Waals surface area contributed by atoms with E-state index in [4.69, 9.17) is 5.11 Å². The number of aromatic carboxylic acids is 1. The maximum atomic E-state index is 10.7. The van der Waals surface area contributed by atoms with Crippen LogP contribution < -0.4 is 10.6 Å². The van der Waals surface area contributed by atoms with Crippen molar-refractivity contribution < 1.29 is 15.0 Å². The van der Waals surface area contributed by atoms with Crippen molar-refractivity contribution in [2.75, 3.05) is 11.9 Å². The van der Waals surface area contributed by atoms with Crippen LogP contribution in [0.3, 0.4) is 0 Å². The molecule has 0 radical (unpaired) electrons. The highest BCUT2D eigenvalue weighted by Crippen LogP contribution is 2.10. The van der Waals surface area contributed by atoms with Crippen LogP contribution in [0.4, 0.5) is 5.69 Å². The van der Waals surface area contributed by atoms with Crippen LogP contribution in [0.2, 0.25) is 0 Å². The highest BCUT2D eigenvalue weighted by atomic mass is 35.5. The Bertz CT molecular complexity index is 455. The van der Waals surface area contributed by atoms with Gasteiger partial charge in [-0.3, -0.25) is 15.3 Å². The van der Waals surface area contributed by atoms with E-state index in [9.17, 15) is 9.90 Å². The standard InChI is InChI=1S/C10H12N4O3.ClH/c15-8-4-12-10(13-5-8)14-7-1-6(9(16)17)2-11-3-7;/h1-4,8,10,13-15H,5H2,(H,16,17);1H. The highest BCUT2D eigenvalue weighted by molar-refractivity contribution is 5.88. The van der Waals surface area contributed by atoms with Crippen LogP contribution in [-0.4, -0.2) is 46.3 Å². The number of carboxylic acid groups (broad SMARTS) is 1. The SMILES string of the molecule is Cl.O=C(O)c1cncc(NC2N=CC(O)CN2)c1. The lowest BCUT2D eigenvalue weighted by Crippen LogP contribution is -2.44. The second-order valence-electron chi connectivity index (χ2n) is 3.59. The summed E-state index contributed by atoms with van der Waals surface area (Å²) in [5, 5.41) is 23.9. The third-order valence-electron chi connectivity index (χ3n) is 2.22. The first-order valence-corrected chi connectivity index (χ1v) is 5.05. The quantitative estimate of drug-likeness (QED) is 0.614. The molecular formula is C10H13ClN4O3. The van der Waals surface area contributed by atoms with Gasteiger partial charge in [0.05, 0.1) is 17.4 Å². The van der Waals surface area contributed by atoms with Gasteiger partial charge < -0.3 is 15.5 Å². The molecule has 2 unspecified atom stereocenters. The molecular weight excluding hydrogens is 260 g/mol. The number of aliphatic hydroxyl groups is 1. The van der Waals surface area contributed by atoms with Gasteiger partial charge in [0.1, 0.15) is 6.10 Å². The number of halogens is 1. The molecule has 0 aliphatic carbocycles. The molecule has 1 aliphatic rings. The monoisotopic (exact) mass is 272 g/mol. The predicted octanol–water partition coefficient (Wildman–Crippen LogP) is -0.0680. The minimum Gasteiger partial charge on any atom is -0.478 e. The summed E-state index contributed by atoms with van der Waals surface area (Å²) in [5.41, 5.74) is 0.658. The van der Waals surface area contributed by atoms with Crippen molar-refractivity contribution >= 4 is 30.3 Å². The summed E-state index contributed by atoms with van der Waals surface area (Å²) in [4.78, 5) is 18.6. The number of carbonyl (C=O) groups is 1. The van der Waals surface area contributed by atoms with E-state index in [1.54, 1.807) is 0 Å². The van der Waals surface area contributed by atoms with Crippen molar-refractivity contribution in [1.82, 2.24) is 10.3 Å². The number of nitrogens with zero attached hydrogens (tertiary/aromatic N) is 2. The van der Waals surface area contributed by atoms with Gasteiger partial charge in [-0.25, -0.2) is 4.79 Å². The summed E-state index contributed by atoms with van der Waals surface area (Å²) in [6.07, 6.45) is 3.24. The largest absolute Gasteiger partial charge is 0.478 e. The van der Waals surface area contributed by atoms with E-state index in [0.717, 1.165) is 0 Å². The average Bonchev–Trinajstić information content (AvgIpc) is 2.32. The minimum atomic E-state index is -1.03. The smallest absolute Gasteiger partial charge is 0.337 e. The van der Waals surface area contributed by atoms with Crippen LogP contribution in [-0.2, 0) is 0 Å². The third-order valence-corrected chi connectivity index (χ3v) is 2.22. The first-order valence-electron chi connectivity index (χ1n) is 5.05. The van der Waals surface area contributed by atoms with Crippen molar-refractivity contribution in [1.29, 1.82) is 0 Å². The lowest BCUT2D eigenvalue weighted by atomic mass is 10.2. The molecule has 1 aliphatic heterocycles. The first-order chi connectivity index (χ1) is 8.15. The number of aromatic nitrogens is 1. The van der Waals surface area contributed by atoms with E-state index >= 15 is 0 Å². The van der Waals surface area contributed by atoms with E-state index in [-0.39, 0.29) is 24.3 Å². The Kier molecular flexibility index (Phi) is 5.02. The molecule has 98 valence electrons. The number of anilines is 1. The van der Waals surface area contributed by atoms with Crippen LogP contribution in [0.25, 0.3) is 0 Å². The van der Waals surface area contributed by atoms with Crippen molar-refractivity contribution in [3.05, 3.63) is 24.0 Å². The summed E-state index contributed by atoms with van der Waals surface area (Å²) in [6.45, 7) is 0.396. The van der Waals surface area contributed by atoms with Crippen LogP contribution in [0.15, 0.2) is 23.5 Å². The van der Waals surface area contributed by atoms with Crippen LogP contribution in [0.1, 0.15) is 10.4 Å². The van der Waals surface area contributed by atoms with Crippen molar-refractivity contribution in [3.8, 4) is 0 Å². The van der Waals surface area contributed by atoms with Gasteiger partial charge in [0, 0.05) is 19.0 Å². The second kappa shape index (κ2) is 6.29. The Balaban J connectivity index is 0.00000162. The zero-order valence-electron chi connectivity index (χ0n) is 9.28. The molecule has 4 N–H and O–H groups in total. The molecule has 7 nitrogen and oxygen atoms in total. The molecule has 0 spiro atoms. The zero-order chi connectivity index (χ0) is 12.3. The third kappa shape index (κ3) is 3.66. The Morgan fingerprint density at radius 3 is 2.89 bits per heavy atom. The number of carboxylic acids is 1. The molecule has 2 heterocycles. The second-order valence-corrected chi connectivity index (χ2v) is 3.59. The molecule has 0 fully saturated rings. The van der Waals surface area contributed by atoms with Crippen molar-refractivity contribution in [3.63, 3.8) is 0 Å². The molecule has 0 saturated carbocycles. The summed E-state index contributed by atoms with van der Waals surface area (Å²) >= 11 is 0. The number of aliphatic imine (C=N–C) groups is 1. The summed E-state index contributed by atoms with van der Waals surface area (Å²) in [5.74, 6) is -1.03. The molecule has 1 aromatic rings. The van der Waals surface area contributed by atoms with Crippen molar-refractivity contribution in [2.45, 2.75) is 12.4 Å². The van der Waals surface area contributed by atoms with Gasteiger partial charge in [-0.2, -0.15) is 0 Å². The van der Waals surface area contributed by atoms with Gasteiger partial charge in [0.2, 0.25) is 0 Å². The summed E-state index contributed by atoms with van der Waals surface area (Å²) < 4.78 is 0. The number of rotatable bonds is 3. The van der Waals surface area contributed by atoms with E-state index in [0.29, 0.717) is 12.2 Å². The number of pyridine rings is 1. The van der Waals surface area contributed by atoms with Gasteiger partial charge in [0.25, 0.3) is 0 Å². The van der Waals surface area contributed by atoms with Crippen LogP contribution in [0.5, 0.6) is 0 Å². The molecule has 0 saturated heterocycles. The topological polar surface area (TPSA) is 107 Å². The van der Waals surface area contributed by atoms with E-state index < -0.39 is 12.1 Å². The molecule has 1 aromatic heterocycles. The lowest BCUT2D eigenvalue weighted by molar-refractivity contribution is 0.0696. The van der Waals surface area contributed by atoms with Crippen molar-refractivity contribution in [2.24, 2.45) is 4.99 Å². The molecule has 0 bridgehead atoms. The van der Waals surface area contributed by atoms with Crippen LogP contribution >= 0.6 is 12.4 Å². The summed E-state index contributed by atoms with van der Waals surface area (Å²) in [7, 11) is 0. The molecule has 8 heteroatoms. The molecule has 18 heavy (non-hydrogen) atoms. The van der Waals surface area contributed by atoms with E-state index in [1.807, 2.05) is 0 Å². The fourth-order valence-corrected chi connectivity index (χ4v) is 1.41. The first kappa shape index (κ1) is 14.4. The lowest BCUT2D eigenvalue weighted by Gasteiger charge is -2.22. The van der Waals surface area contributed by atoms with Gasteiger partial charge in [-0.15, -0.1) is 12.4 Å². The number of aliphatic hydroxyl groups excluding tert-OH is 1. The minimum absolute atomic E-state index is 0. The Hall–Kier alpha value is -1.70. The molecule has 2 atom stereocenters. The molecule has 0 aromatic carbocycles. The Morgan fingerprint density at radius 1 is 1.50 bits per heavy atom. The van der Waals surface area contributed by atoms with Gasteiger partial charge in [-0.05, 0) is 6.07 Å². The zero-order valence-corrected chi connectivity index (χ0v) is 10.1. The summed E-state index contributed by atoms with van der Waals surface area (Å²) in [6, 6.07) is 1.47. The maximum Gasteiger partial charge on any atom is 0.337 e. The van der Waals surface area contributed by atoms with Gasteiger partial charge >= 0.3 is 5.97 Å². The van der Waals surface area contributed by atoms with Gasteiger partial charge in [0.15, 0.2) is 6.29 Å². The fourth-order valence-electron chi connectivity index (χ4n) is 1.41. The molecule has 0 amide bonds. The highest BCUT2D eigenvalue weighted by Gasteiger charge is 2.14. The van der Waals surface area contributed by atoms with Crippen LogP contribution in [0, 0.1) is 0 Å². The molecule has 2 rings (SSSR count). The fraction of sp³-hybridized carbons (Fsp3) is 0.300.